The van der Waals surface area contributed by atoms with E-state index in [0.717, 1.165) is 40.6 Å². The number of benzene rings is 1. The van der Waals surface area contributed by atoms with Crippen LogP contribution in [-0.4, -0.2) is 31.7 Å². The lowest BCUT2D eigenvalue weighted by molar-refractivity contribution is 0.0775. The lowest BCUT2D eigenvalue weighted by atomic mass is 10.1. The highest BCUT2D eigenvalue weighted by atomic mass is 16.7. The largest absolute Gasteiger partial charge is 0.454 e. The van der Waals surface area contributed by atoms with Crippen molar-refractivity contribution in [3.8, 4) is 0 Å². The summed E-state index contributed by atoms with van der Waals surface area (Å²) in [4.78, 5) is 0. The molecule has 8 nitrogen and oxygen atoms in total. The van der Waals surface area contributed by atoms with Gasteiger partial charge < -0.3 is 19.9 Å². The second kappa shape index (κ2) is 7.64. The van der Waals surface area contributed by atoms with Crippen molar-refractivity contribution >= 4 is 17.2 Å². The number of anilines is 2. The number of aliphatic hydroxyl groups excluding tert-OH is 1. The van der Waals surface area contributed by atoms with Gasteiger partial charge in [0.15, 0.2) is 28.8 Å². The standard InChI is InChI=1S/C22H21N5O3/c1-14(28)16-5-3-6-17(12-16)23-20-8-9-21-24-25-22(27(21)26-20)11-15-4-2-7-18-19(10-15)30-13-29-18/h2-3,5-10,12,14,28H,4,11,13H2,1H3,(H,23,26). The van der Waals surface area contributed by atoms with Crippen LogP contribution in [0.5, 0.6) is 0 Å². The van der Waals surface area contributed by atoms with E-state index in [1.165, 1.54) is 0 Å². The average molecular weight is 403 g/mol. The fourth-order valence-electron chi connectivity index (χ4n) is 3.46. The molecule has 0 saturated carbocycles. The van der Waals surface area contributed by atoms with Crippen molar-refractivity contribution < 1.29 is 14.6 Å². The van der Waals surface area contributed by atoms with E-state index >= 15 is 0 Å². The molecule has 152 valence electrons. The third-order valence-electron chi connectivity index (χ3n) is 5.01. The summed E-state index contributed by atoms with van der Waals surface area (Å²) in [5.41, 5.74) is 3.51. The molecule has 1 aromatic carbocycles. The van der Waals surface area contributed by atoms with E-state index in [1.807, 2.05) is 48.6 Å². The van der Waals surface area contributed by atoms with Gasteiger partial charge in [0.05, 0.1) is 6.10 Å². The van der Waals surface area contributed by atoms with Crippen LogP contribution in [0.25, 0.3) is 5.65 Å². The molecule has 1 aliphatic heterocycles. The number of aromatic nitrogens is 4. The Morgan fingerprint density at radius 2 is 2.07 bits per heavy atom. The molecule has 2 N–H and O–H groups in total. The van der Waals surface area contributed by atoms with Gasteiger partial charge in [-0.2, -0.15) is 4.52 Å². The zero-order chi connectivity index (χ0) is 20.5. The van der Waals surface area contributed by atoms with Gasteiger partial charge in [-0.05, 0) is 55.3 Å². The number of hydrogen-bond donors (Lipinski definition) is 2. The van der Waals surface area contributed by atoms with Gasteiger partial charge in [0.1, 0.15) is 0 Å². The summed E-state index contributed by atoms with van der Waals surface area (Å²) in [7, 11) is 0. The van der Waals surface area contributed by atoms with Gasteiger partial charge in [-0.1, -0.05) is 23.8 Å². The Balaban J connectivity index is 1.41. The number of fused-ring (bicyclic) bond motifs is 1. The fourth-order valence-corrected chi connectivity index (χ4v) is 3.46. The lowest BCUT2D eigenvalue weighted by Crippen LogP contribution is -2.04. The summed E-state index contributed by atoms with van der Waals surface area (Å²) in [6.07, 6.45) is 6.85. The van der Waals surface area contributed by atoms with Crippen LogP contribution in [0.1, 0.15) is 30.8 Å². The van der Waals surface area contributed by atoms with Gasteiger partial charge in [-0.25, -0.2) is 0 Å². The first kappa shape index (κ1) is 18.4. The van der Waals surface area contributed by atoms with Crippen molar-refractivity contribution in [2.24, 2.45) is 0 Å². The van der Waals surface area contributed by atoms with E-state index in [1.54, 1.807) is 11.4 Å². The Labute approximate surface area is 173 Å². The van der Waals surface area contributed by atoms with Crippen LogP contribution in [0, 0.1) is 0 Å². The maximum atomic E-state index is 9.80. The number of aliphatic hydroxyl groups is 1. The number of nitrogens with one attached hydrogen (secondary N) is 1. The average Bonchev–Trinajstić information content (AvgIpc) is 3.30. The summed E-state index contributed by atoms with van der Waals surface area (Å²) < 4.78 is 12.7. The molecule has 1 atom stereocenters. The normalized spacial score (nSPS) is 16.5. The summed E-state index contributed by atoms with van der Waals surface area (Å²) in [5, 5.41) is 26.3. The van der Waals surface area contributed by atoms with Crippen molar-refractivity contribution in [1.82, 2.24) is 19.8 Å². The molecule has 0 radical (unpaired) electrons. The second-order valence-corrected chi connectivity index (χ2v) is 7.25. The number of hydrogen-bond acceptors (Lipinski definition) is 7. The zero-order valence-corrected chi connectivity index (χ0v) is 16.4. The predicted octanol–water partition coefficient (Wildman–Crippen LogP) is 3.57. The minimum atomic E-state index is -0.529. The first-order valence-corrected chi connectivity index (χ1v) is 9.78. The van der Waals surface area contributed by atoms with Crippen molar-refractivity contribution in [2.45, 2.75) is 25.9 Å². The van der Waals surface area contributed by atoms with Crippen LogP contribution in [0.2, 0.25) is 0 Å². The number of ether oxygens (including phenoxy) is 2. The molecular formula is C22H21N5O3. The highest BCUT2D eigenvalue weighted by Gasteiger charge is 2.18. The predicted molar refractivity (Wildman–Crippen MR) is 111 cm³/mol. The highest BCUT2D eigenvalue weighted by Crippen LogP contribution is 2.26. The molecule has 0 saturated heterocycles. The highest BCUT2D eigenvalue weighted by molar-refractivity contribution is 5.58. The maximum absolute atomic E-state index is 9.80. The Morgan fingerprint density at radius 3 is 2.97 bits per heavy atom. The van der Waals surface area contributed by atoms with E-state index in [0.29, 0.717) is 17.9 Å². The topological polar surface area (TPSA) is 93.8 Å². The molecule has 2 aliphatic rings. The number of rotatable bonds is 5. The molecule has 1 aliphatic carbocycles. The quantitative estimate of drug-likeness (QED) is 0.673. The van der Waals surface area contributed by atoms with Gasteiger partial charge in [0.2, 0.25) is 6.79 Å². The molecule has 8 heteroatoms. The summed E-state index contributed by atoms with van der Waals surface area (Å²) in [6.45, 7) is 1.99. The van der Waals surface area contributed by atoms with Crippen LogP contribution in [-0.2, 0) is 15.9 Å². The van der Waals surface area contributed by atoms with Crippen molar-refractivity contribution in [3.63, 3.8) is 0 Å². The minimum Gasteiger partial charge on any atom is -0.454 e. The van der Waals surface area contributed by atoms with Crippen LogP contribution < -0.4 is 5.32 Å². The van der Waals surface area contributed by atoms with Crippen LogP contribution in [0.3, 0.4) is 0 Å². The summed E-state index contributed by atoms with van der Waals surface area (Å²) >= 11 is 0. The smallest absolute Gasteiger partial charge is 0.231 e. The molecule has 0 bridgehead atoms. The first-order chi connectivity index (χ1) is 14.7. The molecule has 0 amide bonds. The molecule has 5 rings (SSSR count). The lowest BCUT2D eigenvalue weighted by Gasteiger charge is -2.10. The van der Waals surface area contributed by atoms with Crippen LogP contribution in [0.15, 0.2) is 71.7 Å². The molecular weight excluding hydrogens is 382 g/mol. The summed E-state index contributed by atoms with van der Waals surface area (Å²) in [6, 6.07) is 11.4. The van der Waals surface area contributed by atoms with E-state index in [9.17, 15) is 5.11 Å². The Kier molecular flexibility index (Phi) is 4.68. The van der Waals surface area contributed by atoms with Crippen molar-refractivity contribution in [2.75, 3.05) is 12.1 Å². The van der Waals surface area contributed by atoms with Crippen molar-refractivity contribution in [3.05, 3.63) is 83.1 Å². The van der Waals surface area contributed by atoms with Gasteiger partial charge in [0.25, 0.3) is 0 Å². The fraction of sp³-hybridized carbons (Fsp3) is 0.227. The zero-order valence-electron chi connectivity index (χ0n) is 16.4. The summed E-state index contributed by atoms with van der Waals surface area (Å²) in [5.74, 6) is 2.92. The Bertz CT molecular complexity index is 1190. The molecule has 0 spiro atoms. The van der Waals surface area contributed by atoms with E-state index in [4.69, 9.17) is 9.47 Å². The van der Waals surface area contributed by atoms with Gasteiger partial charge >= 0.3 is 0 Å². The molecule has 2 aromatic heterocycles. The molecule has 3 aromatic rings. The molecule has 30 heavy (non-hydrogen) atoms. The first-order valence-electron chi connectivity index (χ1n) is 9.78. The third-order valence-corrected chi connectivity index (χ3v) is 5.01. The third kappa shape index (κ3) is 3.65. The van der Waals surface area contributed by atoms with E-state index in [2.05, 4.69) is 26.7 Å². The second-order valence-electron chi connectivity index (χ2n) is 7.25. The molecule has 3 heterocycles. The minimum absolute atomic E-state index is 0.249. The van der Waals surface area contributed by atoms with Crippen molar-refractivity contribution in [1.29, 1.82) is 0 Å². The number of nitrogens with zero attached hydrogens (tertiary/aromatic N) is 4. The van der Waals surface area contributed by atoms with Gasteiger partial charge in [-0.15, -0.1) is 15.3 Å². The Morgan fingerprint density at radius 1 is 1.17 bits per heavy atom. The van der Waals surface area contributed by atoms with Crippen LogP contribution in [0.4, 0.5) is 11.5 Å². The SMILES string of the molecule is CC(O)c1cccc(Nc2ccc3nnc(CC4=CC5=C(C=CC4)OCO5)n3n2)c1. The molecule has 1 unspecified atom stereocenters. The number of allylic oxidation sites excluding steroid dienone is 4. The maximum Gasteiger partial charge on any atom is 0.231 e. The van der Waals surface area contributed by atoms with Gasteiger partial charge in [-0.3, -0.25) is 0 Å². The van der Waals surface area contributed by atoms with Gasteiger partial charge in [0, 0.05) is 12.1 Å². The molecule has 0 fully saturated rings. The monoisotopic (exact) mass is 403 g/mol. The van der Waals surface area contributed by atoms with E-state index < -0.39 is 6.10 Å². The van der Waals surface area contributed by atoms with E-state index in [-0.39, 0.29) is 6.79 Å². The Hall–Kier alpha value is -3.65. The van der Waals surface area contributed by atoms with Crippen LogP contribution >= 0.6 is 0 Å².